The van der Waals surface area contributed by atoms with Crippen LogP contribution in [0.4, 0.5) is 0 Å². The summed E-state index contributed by atoms with van der Waals surface area (Å²) in [5.74, 6) is 2.68. The van der Waals surface area contributed by atoms with E-state index in [1.54, 1.807) is 0 Å². The molecule has 0 aromatic heterocycles. The molecule has 130 valence electrons. The average Bonchev–Trinajstić information content (AvgIpc) is 2.83. The topological polar surface area (TPSA) is 18.5 Å². The number of hydrogen-bond donors (Lipinski definition) is 0. The van der Waals surface area contributed by atoms with E-state index in [2.05, 4.69) is 49.9 Å². The van der Waals surface area contributed by atoms with Gasteiger partial charge in [-0.15, -0.1) is 0 Å². The molecule has 4 rings (SSSR count). The molecule has 0 aromatic rings. The Hall–Kier alpha value is 0.390. The van der Waals surface area contributed by atoms with Gasteiger partial charge < -0.3 is 9.47 Å². The Kier molecular flexibility index (Phi) is 4.17. The van der Waals surface area contributed by atoms with Crippen LogP contribution in [0.2, 0.25) is 0 Å². The Bertz CT molecular complexity index is 504. The summed E-state index contributed by atoms with van der Waals surface area (Å²) in [5, 5.41) is 0. The lowest BCUT2D eigenvalue weighted by Crippen LogP contribution is -2.58. The van der Waals surface area contributed by atoms with Crippen LogP contribution in [0.5, 0.6) is 0 Å². The largest absolute Gasteiger partial charge is 0.371 e. The van der Waals surface area contributed by atoms with E-state index in [4.69, 9.17) is 9.47 Å². The third kappa shape index (κ3) is 2.47. The molecule has 4 fully saturated rings. The molecule has 3 heterocycles. The number of alkyl halides is 1. The maximum absolute atomic E-state index is 6.86. The van der Waals surface area contributed by atoms with Gasteiger partial charge in [0.1, 0.15) is 5.60 Å². The molecular formula is C20H31IO2. The van der Waals surface area contributed by atoms with E-state index in [9.17, 15) is 0 Å². The molecule has 3 aliphatic heterocycles. The smallest absolute Gasteiger partial charge is 0.104 e. The van der Waals surface area contributed by atoms with E-state index < -0.39 is 0 Å². The fourth-order valence-corrected chi connectivity index (χ4v) is 7.23. The van der Waals surface area contributed by atoms with Crippen molar-refractivity contribution in [3.05, 3.63) is 12.2 Å². The molecule has 3 saturated heterocycles. The molecule has 0 aromatic carbocycles. The lowest BCUT2D eigenvalue weighted by molar-refractivity contribution is -0.204. The molecule has 2 nitrogen and oxygen atoms in total. The van der Waals surface area contributed by atoms with Gasteiger partial charge in [0.2, 0.25) is 0 Å². The van der Waals surface area contributed by atoms with Gasteiger partial charge in [-0.25, -0.2) is 0 Å². The van der Waals surface area contributed by atoms with Crippen LogP contribution in [0, 0.1) is 23.7 Å². The summed E-state index contributed by atoms with van der Waals surface area (Å²) >= 11 is 2.55. The first-order valence-corrected chi connectivity index (χ1v) is 11.0. The van der Waals surface area contributed by atoms with E-state index in [0.29, 0.717) is 17.9 Å². The SMILES string of the molecule is C=C1CC[C@H](C(C)C)[C@@H]2[C@H]1[C@@H]1C[C@]3(C)CCC[C@@](CI)(O3)[C@H]2O1. The van der Waals surface area contributed by atoms with Gasteiger partial charge >= 0.3 is 0 Å². The Morgan fingerprint density at radius 2 is 2.13 bits per heavy atom. The van der Waals surface area contributed by atoms with Crippen molar-refractivity contribution >= 4 is 22.6 Å². The first kappa shape index (κ1) is 16.8. The molecule has 4 aliphatic rings. The molecule has 0 amide bonds. The van der Waals surface area contributed by atoms with Gasteiger partial charge in [-0.1, -0.05) is 48.6 Å². The number of halogens is 1. The number of rotatable bonds is 2. The quantitative estimate of drug-likeness (QED) is 0.343. The zero-order valence-electron chi connectivity index (χ0n) is 14.8. The fourth-order valence-electron chi connectivity index (χ4n) is 6.26. The summed E-state index contributed by atoms with van der Waals surface area (Å²) in [6.45, 7) is 11.6. The minimum Gasteiger partial charge on any atom is -0.371 e. The molecule has 0 radical (unpaired) electrons. The van der Waals surface area contributed by atoms with Crippen LogP contribution in [-0.4, -0.2) is 27.8 Å². The molecule has 4 bridgehead atoms. The van der Waals surface area contributed by atoms with Crippen LogP contribution >= 0.6 is 22.6 Å². The molecule has 1 saturated carbocycles. The highest BCUT2D eigenvalue weighted by Crippen LogP contribution is 2.59. The Morgan fingerprint density at radius 1 is 1.35 bits per heavy atom. The van der Waals surface area contributed by atoms with Gasteiger partial charge in [0, 0.05) is 22.7 Å². The zero-order valence-corrected chi connectivity index (χ0v) is 17.0. The van der Waals surface area contributed by atoms with Crippen LogP contribution < -0.4 is 0 Å². The summed E-state index contributed by atoms with van der Waals surface area (Å²) < 4.78 is 14.7. The highest BCUT2D eigenvalue weighted by Gasteiger charge is 2.63. The van der Waals surface area contributed by atoms with Crippen LogP contribution in [0.25, 0.3) is 0 Å². The maximum Gasteiger partial charge on any atom is 0.104 e. The van der Waals surface area contributed by atoms with Gasteiger partial charge in [-0.05, 0) is 50.9 Å². The minimum absolute atomic E-state index is 0.0128. The summed E-state index contributed by atoms with van der Waals surface area (Å²) in [5.41, 5.74) is 1.41. The van der Waals surface area contributed by atoms with Crippen molar-refractivity contribution in [1.82, 2.24) is 0 Å². The van der Waals surface area contributed by atoms with Crippen molar-refractivity contribution in [2.45, 2.75) is 82.7 Å². The third-order valence-electron chi connectivity index (χ3n) is 7.24. The second-order valence-corrected chi connectivity index (χ2v) is 9.87. The average molecular weight is 430 g/mol. The number of fused-ring (bicyclic) bond motifs is 8. The Labute approximate surface area is 154 Å². The molecule has 7 atom stereocenters. The van der Waals surface area contributed by atoms with Gasteiger partial charge in [0.15, 0.2) is 0 Å². The van der Waals surface area contributed by atoms with Crippen molar-refractivity contribution in [3.63, 3.8) is 0 Å². The number of ether oxygens (including phenoxy) is 2. The summed E-state index contributed by atoms with van der Waals surface area (Å²) in [7, 11) is 0. The Balaban J connectivity index is 1.78. The van der Waals surface area contributed by atoms with Gasteiger partial charge in [-0.2, -0.15) is 0 Å². The van der Waals surface area contributed by atoms with E-state index in [1.165, 1.54) is 37.7 Å². The highest BCUT2D eigenvalue weighted by atomic mass is 127. The standard InChI is InChI=1S/C20H31IO2/c1-12(2)14-7-6-13(3)16-15-10-19(4)8-5-9-20(11-21,23-19)18(22-15)17(14)16/h12,14-18H,3,5-11H2,1-2,4H3/t14-,15+,16-,17-,18+,19+,20+/m1/s1. The van der Waals surface area contributed by atoms with E-state index >= 15 is 0 Å². The van der Waals surface area contributed by atoms with Gasteiger partial charge in [0.05, 0.1) is 17.8 Å². The third-order valence-corrected chi connectivity index (χ3v) is 8.53. The molecule has 0 N–H and O–H groups in total. The monoisotopic (exact) mass is 430 g/mol. The van der Waals surface area contributed by atoms with Crippen molar-refractivity contribution in [3.8, 4) is 0 Å². The lowest BCUT2D eigenvalue weighted by Gasteiger charge is -2.52. The summed E-state index contributed by atoms with van der Waals surface area (Å²) in [4.78, 5) is 0. The molecule has 0 unspecified atom stereocenters. The Morgan fingerprint density at radius 3 is 2.83 bits per heavy atom. The summed E-state index contributed by atoms with van der Waals surface area (Å²) in [6.07, 6.45) is 7.82. The second-order valence-electron chi connectivity index (χ2n) is 9.11. The lowest BCUT2D eigenvalue weighted by atomic mass is 9.59. The van der Waals surface area contributed by atoms with Crippen molar-refractivity contribution in [2.24, 2.45) is 23.7 Å². The fraction of sp³-hybridized carbons (Fsp3) is 0.900. The minimum atomic E-state index is -0.0630. The van der Waals surface area contributed by atoms with E-state index in [0.717, 1.165) is 22.7 Å². The van der Waals surface area contributed by atoms with Crippen molar-refractivity contribution in [1.29, 1.82) is 0 Å². The molecule has 1 aliphatic carbocycles. The first-order chi connectivity index (χ1) is 10.9. The maximum atomic E-state index is 6.86. The van der Waals surface area contributed by atoms with Crippen molar-refractivity contribution in [2.75, 3.05) is 4.43 Å². The molecular weight excluding hydrogens is 399 g/mol. The second kappa shape index (κ2) is 5.70. The first-order valence-electron chi connectivity index (χ1n) is 9.48. The van der Waals surface area contributed by atoms with Crippen LogP contribution in [0.3, 0.4) is 0 Å². The predicted octanol–water partition coefficient (Wildman–Crippen LogP) is 5.15. The number of hydrogen-bond acceptors (Lipinski definition) is 2. The van der Waals surface area contributed by atoms with E-state index in [-0.39, 0.29) is 17.3 Å². The molecule has 3 heteroatoms. The predicted molar refractivity (Wildman–Crippen MR) is 102 cm³/mol. The van der Waals surface area contributed by atoms with Crippen molar-refractivity contribution < 1.29 is 9.47 Å². The molecule has 0 spiro atoms. The van der Waals surface area contributed by atoms with Gasteiger partial charge in [0.25, 0.3) is 0 Å². The molecule has 23 heavy (non-hydrogen) atoms. The summed E-state index contributed by atoms with van der Waals surface area (Å²) in [6, 6.07) is 0. The van der Waals surface area contributed by atoms with Gasteiger partial charge in [-0.3, -0.25) is 0 Å². The zero-order chi connectivity index (χ0) is 16.4. The van der Waals surface area contributed by atoms with E-state index in [1.807, 2.05) is 0 Å². The normalized spacial score (nSPS) is 52.4. The highest BCUT2D eigenvalue weighted by molar-refractivity contribution is 14.1. The van der Waals surface area contributed by atoms with Crippen LogP contribution in [0.15, 0.2) is 12.2 Å². The van der Waals surface area contributed by atoms with Crippen LogP contribution in [0.1, 0.15) is 59.3 Å². The van der Waals surface area contributed by atoms with Crippen LogP contribution in [-0.2, 0) is 9.47 Å².